The molecule has 1 fully saturated rings. The van der Waals surface area contributed by atoms with E-state index in [4.69, 9.17) is 10.5 Å². The van der Waals surface area contributed by atoms with Gasteiger partial charge in [-0.3, -0.25) is 9.59 Å². The number of benzene rings is 2. The zero-order valence-corrected chi connectivity index (χ0v) is 23.1. The van der Waals surface area contributed by atoms with Gasteiger partial charge < -0.3 is 25.3 Å². The van der Waals surface area contributed by atoms with Gasteiger partial charge in [-0.25, -0.2) is 9.97 Å². The molecule has 1 atom stereocenters. The highest BCUT2D eigenvalue weighted by Gasteiger charge is 2.26. The van der Waals surface area contributed by atoms with Crippen LogP contribution in [0, 0.1) is 17.8 Å². The first kappa shape index (κ1) is 27.5. The number of rotatable bonds is 6. The fourth-order valence-corrected chi connectivity index (χ4v) is 5.04. The quantitative estimate of drug-likeness (QED) is 0.274. The summed E-state index contributed by atoms with van der Waals surface area (Å²) >= 11 is 0. The number of para-hydroxylation sites is 1. The van der Waals surface area contributed by atoms with Crippen LogP contribution in [0.5, 0.6) is 11.5 Å². The van der Waals surface area contributed by atoms with E-state index >= 15 is 0 Å². The van der Waals surface area contributed by atoms with Crippen molar-refractivity contribution in [3.63, 3.8) is 0 Å². The van der Waals surface area contributed by atoms with Crippen molar-refractivity contribution in [1.29, 1.82) is 0 Å². The Labute approximate surface area is 239 Å². The van der Waals surface area contributed by atoms with Gasteiger partial charge in [-0.2, -0.15) is 0 Å². The van der Waals surface area contributed by atoms with Gasteiger partial charge in [-0.1, -0.05) is 42.8 Å². The molecule has 1 aliphatic heterocycles. The summed E-state index contributed by atoms with van der Waals surface area (Å²) in [6.45, 7) is 6.28. The number of aromatic nitrogens is 3. The van der Waals surface area contributed by atoms with Crippen LogP contribution < -0.4 is 15.8 Å². The fraction of sp³-hybridized carbons (Fsp3) is 0.250. The lowest BCUT2D eigenvalue weighted by Gasteiger charge is -2.31. The number of ether oxygens (including phenoxy) is 1. The number of nitrogens with zero attached hydrogens (tertiary/aromatic N) is 4. The molecule has 3 heterocycles. The Kier molecular flexibility index (Phi) is 8.01. The number of aryl methyl sites for hydroxylation is 1. The first-order valence-electron chi connectivity index (χ1n) is 13.5. The number of hydrogen-bond donors (Lipinski definition) is 2. The van der Waals surface area contributed by atoms with Gasteiger partial charge in [0.1, 0.15) is 41.0 Å². The number of hydrogen-bond acceptors (Lipinski definition) is 6. The maximum atomic E-state index is 12.7. The molecule has 0 unspecified atom stereocenters. The summed E-state index contributed by atoms with van der Waals surface area (Å²) in [4.78, 5) is 34.8. The fourth-order valence-electron chi connectivity index (χ4n) is 5.04. The molecule has 0 radical (unpaired) electrons. The van der Waals surface area contributed by atoms with E-state index in [1.807, 2.05) is 66.2 Å². The molecular weight excluding hydrogens is 516 g/mol. The molecular formula is C32H32N6O3. The van der Waals surface area contributed by atoms with Crippen LogP contribution in [0.4, 0.5) is 5.82 Å². The molecule has 9 heteroatoms. The van der Waals surface area contributed by atoms with E-state index in [0.29, 0.717) is 24.6 Å². The molecule has 2 aromatic carbocycles. The molecule has 0 saturated carbocycles. The first-order valence-corrected chi connectivity index (χ1v) is 13.5. The van der Waals surface area contributed by atoms with Gasteiger partial charge in [0.2, 0.25) is 11.8 Å². The van der Waals surface area contributed by atoms with Crippen molar-refractivity contribution >= 4 is 28.7 Å². The van der Waals surface area contributed by atoms with Crippen LogP contribution in [0.3, 0.4) is 0 Å². The minimum absolute atomic E-state index is 0.101. The van der Waals surface area contributed by atoms with Gasteiger partial charge in [0.15, 0.2) is 0 Å². The normalized spacial score (nSPS) is 14.1. The van der Waals surface area contributed by atoms with Crippen LogP contribution in [0.1, 0.15) is 25.5 Å². The molecule has 0 bridgehead atoms. The van der Waals surface area contributed by atoms with E-state index in [1.165, 1.54) is 12.4 Å². The number of carbonyl (C=O) groups is 2. The Hall–Kier alpha value is -5.10. The largest absolute Gasteiger partial charge is 0.457 e. The molecule has 41 heavy (non-hydrogen) atoms. The van der Waals surface area contributed by atoms with Gasteiger partial charge in [0, 0.05) is 31.6 Å². The number of fused-ring (bicyclic) bond motifs is 1. The number of nitrogens with two attached hydrogens (primary N) is 1. The molecule has 1 aliphatic rings. The van der Waals surface area contributed by atoms with Crippen LogP contribution in [0.25, 0.3) is 22.2 Å². The van der Waals surface area contributed by atoms with Crippen molar-refractivity contribution in [1.82, 2.24) is 24.8 Å². The average Bonchev–Trinajstić information content (AvgIpc) is 3.29. The summed E-state index contributed by atoms with van der Waals surface area (Å²) in [5, 5.41) is 3.39. The average molecular weight is 549 g/mol. The number of nitrogens with one attached hydrogen (secondary N) is 1. The highest BCUT2D eigenvalue weighted by Crippen LogP contribution is 2.37. The van der Waals surface area contributed by atoms with Crippen LogP contribution in [0.2, 0.25) is 0 Å². The Balaban J connectivity index is 1.38. The van der Waals surface area contributed by atoms with Crippen LogP contribution in [-0.4, -0.2) is 50.4 Å². The van der Waals surface area contributed by atoms with Crippen LogP contribution in [-0.2, 0) is 16.6 Å². The summed E-state index contributed by atoms with van der Waals surface area (Å²) in [6, 6.07) is 16.8. The maximum Gasteiger partial charge on any atom is 0.244 e. The van der Waals surface area contributed by atoms with Gasteiger partial charge in [-0.15, -0.1) is 0 Å². The zero-order chi connectivity index (χ0) is 28.9. The van der Waals surface area contributed by atoms with Crippen molar-refractivity contribution in [2.24, 2.45) is 13.0 Å². The van der Waals surface area contributed by atoms with Crippen molar-refractivity contribution in [2.75, 3.05) is 18.8 Å². The maximum absolute atomic E-state index is 12.7. The van der Waals surface area contributed by atoms with Gasteiger partial charge in [0.25, 0.3) is 0 Å². The van der Waals surface area contributed by atoms with E-state index in [2.05, 4.69) is 33.7 Å². The highest BCUT2D eigenvalue weighted by molar-refractivity contribution is 6.03. The minimum atomic E-state index is -0.600. The minimum Gasteiger partial charge on any atom is -0.457 e. The summed E-state index contributed by atoms with van der Waals surface area (Å²) in [6.07, 6.45) is 4.11. The molecule has 5 rings (SSSR count). The molecule has 2 amide bonds. The third-order valence-electron chi connectivity index (χ3n) is 7.23. The predicted octanol–water partition coefficient (Wildman–Crippen LogP) is 4.29. The second kappa shape index (κ2) is 12.0. The lowest BCUT2D eigenvalue weighted by molar-refractivity contribution is -0.136. The third kappa shape index (κ3) is 5.92. The second-order valence-electron chi connectivity index (χ2n) is 9.98. The Bertz CT molecular complexity index is 1640. The molecule has 0 aliphatic carbocycles. The Morgan fingerprint density at radius 2 is 1.78 bits per heavy atom. The number of likely N-dealkylation sites (tertiary alicyclic amines) is 1. The topological polar surface area (TPSA) is 115 Å². The summed E-state index contributed by atoms with van der Waals surface area (Å²) in [5.74, 6) is 8.38. The number of nitrogen functional groups attached to an aromatic ring is 1. The second-order valence-corrected chi connectivity index (χ2v) is 9.98. The van der Waals surface area contributed by atoms with Crippen LogP contribution >= 0.6 is 0 Å². The first-order chi connectivity index (χ1) is 19.9. The Morgan fingerprint density at radius 1 is 1.10 bits per heavy atom. The monoisotopic (exact) mass is 548 g/mol. The summed E-state index contributed by atoms with van der Waals surface area (Å²) in [7, 11) is 1.93. The van der Waals surface area contributed by atoms with Crippen molar-refractivity contribution in [3.05, 3.63) is 79.3 Å². The lowest BCUT2D eigenvalue weighted by Crippen LogP contribution is -2.49. The number of carbonyl (C=O) groups excluding carboxylic acids is 2. The highest BCUT2D eigenvalue weighted by atomic mass is 16.5. The lowest BCUT2D eigenvalue weighted by atomic mass is 9.96. The standard InChI is InChI=1S/C32H32N6O3/c1-4-27(39)36-21(2)32(40)38-18-16-22(17-19-38)10-15-26-28(29-30(33)34-20-35-31(29)37(26)3)23-11-13-25(14-12-23)41-24-8-6-5-7-9-24/h4-9,11-14,20-22H,1,16-19H2,2-3H3,(H,36,39)(H2,33,34,35)/t21-/m0/s1. The predicted molar refractivity (Wildman–Crippen MR) is 159 cm³/mol. The third-order valence-corrected chi connectivity index (χ3v) is 7.23. The molecule has 4 aromatic rings. The summed E-state index contributed by atoms with van der Waals surface area (Å²) in [5.41, 5.74) is 9.65. The molecule has 1 saturated heterocycles. The smallest absolute Gasteiger partial charge is 0.244 e. The number of piperidine rings is 1. The molecule has 2 aromatic heterocycles. The SMILES string of the molecule is C=CC(=O)N[C@@H](C)C(=O)N1CCC(C#Cc2c(-c3ccc(Oc4ccccc4)cc3)c3c(N)ncnc3n2C)CC1. The van der Waals surface area contributed by atoms with Crippen LogP contribution in [0.15, 0.2) is 73.6 Å². The van der Waals surface area contributed by atoms with E-state index in [9.17, 15) is 9.59 Å². The van der Waals surface area contributed by atoms with E-state index in [-0.39, 0.29) is 17.7 Å². The molecule has 0 spiro atoms. The zero-order valence-electron chi connectivity index (χ0n) is 23.1. The van der Waals surface area contributed by atoms with E-state index in [1.54, 1.807) is 11.8 Å². The van der Waals surface area contributed by atoms with Gasteiger partial charge >= 0.3 is 0 Å². The van der Waals surface area contributed by atoms with Gasteiger partial charge in [-0.05, 0) is 61.6 Å². The van der Waals surface area contributed by atoms with Crippen molar-refractivity contribution in [3.8, 4) is 34.5 Å². The molecule has 208 valence electrons. The number of amides is 2. The van der Waals surface area contributed by atoms with Gasteiger partial charge in [0.05, 0.1) is 5.39 Å². The summed E-state index contributed by atoms with van der Waals surface area (Å²) < 4.78 is 7.92. The molecule has 3 N–H and O–H groups in total. The number of anilines is 1. The van der Waals surface area contributed by atoms with E-state index < -0.39 is 6.04 Å². The van der Waals surface area contributed by atoms with Crippen molar-refractivity contribution in [2.45, 2.75) is 25.8 Å². The van der Waals surface area contributed by atoms with E-state index in [0.717, 1.165) is 46.5 Å². The van der Waals surface area contributed by atoms with Crippen molar-refractivity contribution < 1.29 is 14.3 Å². The Morgan fingerprint density at radius 3 is 2.46 bits per heavy atom. The molecule has 9 nitrogen and oxygen atoms in total.